The van der Waals surface area contributed by atoms with E-state index >= 15 is 0 Å². The van der Waals surface area contributed by atoms with Gasteiger partial charge in [0.1, 0.15) is 11.9 Å². The van der Waals surface area contributed by atoms with Crippen LogP contribution in [0.3, 0.4) is 0 Å². The van der Waals surface area contributed by atoms with Crippen molar-refractivity contribution >= 4 is 39.8 Å². The zero-order valence-electron chi connectivity index (χ0n) is 23.3. The Morgan fingerprint density at radius 3 is 2.49 bits per heavy atom. The number of aliphatic carboxylic acids is 1. The molecule has 4 aromatic rings. The molecule has 0 saturated carbocycles. The number of aromatic nitrogens is 1. The molecule has 2 atom stereocenters. The Morgan fingerprint density at radius 1 is 0.976 bits per heavy atom. The molecule has 0 aliphatic carbocycles. The normalized spacial score (nSPS) is 12.5. The molecule has 1 unspecified atom stereocenters. The Balaban J connectivity index is 1.74. The van der Waals surface area contributed by atoms with Crippen molar-refractivity contribution in [2.24, 2.45) is 0 Å². The molecule has 1 aromatic heterocycles. The van der Waals surface area contributed by atoms with Crippen molar-refractivity contribution in [3.8, 4) is 11.5 Å². The highest BCUT2D eigenvalue weighted by molar-refractivity contribution is 5.94. The zero-order chi connectivity index (χ0) is 29.5. The lowest BCUT2D eigenvalue weighted by atomic mass is 10.00. The molecule has 0 saturated heterocycles. The molecule has 0 aliphatic heterocycles. The van der Waals surface area contributed by atoms with Crippen molar-refractivity contribution in [2.75, 3.05) is 23.4 Å². The minimum atomic E-state index is -1.06. The van der Waals surface area contributed by atoms with Crippen LogP contribution in [0.15, 0.2) is 72.9 Å². The van der Waals surface area contributed by atoms with E-state index in [4.69, 9.17) is 20.9 Å². The van der Waals surface area contributed by atoms with Gasteiger partial charge in [-0.15, -0.1) is 0 Å². The molecule has 0 fully saturated rings. The minimum absolute atomic E-state index is 0.0770. The summed E-state index contributed by atoms with van der Waals surface area (Å²) in [5, 5.41) is 17.5. The second-order valence-corrected chi connectivity index (χ2v) is 9.84. The number of nitrogens with one attached hydrogen (secondary N) is 2. The number of amides is 1. The Morgan fingerprint density at radius 2 is 1.78 bits per heavy atom. The predicted molar refractivity (Wildman–Crippen MR) is 160 cm³/mol. The van der Waals surface area contributed by atoms with Crippen LogP contribution in [-0.4, -0.2) is 34.7 Å². The third-order valence-corrected chi connectivity index (χ3v) is 6.34. The standard InChI is InChI=1S/C31H35N5O5/c1-4-40-27-16-21(8-11-26(27)41-18(2)3)29(35-23-9-10-24-19(15-23)12-13-34-30(24)33)31(39)36-25(17-28(37)38)20-6-5-7-22(32)14-20/h5-16,18,25,29,35H,4,17,32H2,1-3H3,(H2,33,34)(H,36,39)(H,37,38)/t25?,29-/m1/s1. The van der Waals surface area contributed by atoms with E-state index < -0.39 is 24.0 Å². The molecule has 3 aromatic carbocycles. The van der Waals surface area contributed by atoms with Gasteiger partial charge in [-0.25, -0.2) is 4.98 Å². The van der Waals surface area contributed by atoms with Crippen LogP contribution >= 0.6 is 0 Å². The van der Waals surface area contributed by atoms with Gasteiger partial charge in [0.05, 0.1) is 25.2 Å². The van der Waals surface area contributed by atoms with Gasteiger partial charge in [-0.05, 0) is 85.8 Å². The molecule has 4 rings (SSSR count). The third kappa shape index (κ3) is 7.36. The van der Waals surface area contributed by atoms with Crippen molar-refractivity contribution < 1.29 is 24.2 Å². The average Bonchev–Trinajstić information content (AvgIpc) is 2.92. The Bertz CT molecular complexity index is 1540. The first-order chi connectivity index (χ1) is 19.6. The highest BCUT2D eigenvalue weighted by Crippen LogP contribution is 2.34. The summed E-state index contributed by atoms with van der Waals surface area (Å²) in [5.74, 6) is -0.0376. The van der Waals surface area contributed by atoms with Crippen molar-refractivity contribution in [1.29, 1.82) is 0 Å². The van der Waals surface area contributed by atoms with Gasteiger partial charge in [-0.1, -0.05) is 18.2 Å². The summed E-state index contributed by atoms with van der Waals surface area (Å²) < 4.78 is 11.8. The fraction of sp³-hybridized carbons (Fsp3) is 0.258. The number of ether oxygens (including phenoxy) is 2. The van der Waals surface area contributed by atoms with Gasteiger partial charge in [0.25, 0.3) is 0 Å². The van der Waals surface area contributed by atoms with E-state index in [-0.39, 0.29) is 12.5 Å². The van der Waals surface area contributed by atoms with Crippen molar-refractivity contribution in [3.63, 3.8) is 0 Å². The number of carbonyl (C=O) groups excluding carboxylic acids is 1. The van der Waals surface area contributed by atoms with E-state index in [0.29, 0.717) is 46.4 Å². The second kappa shape index (κ2) is 12.9. The molecule has 0 spiro atoms. The van der Waals surface area contributed by atoms with Crippen molar-refractivity contribution in [3.05, 3.63) is 84.1 Å². The van der Waals surface area contributed by atoms with Gasteiger partial charge in [0, 0.05) is 23.0 Å². The number of nitrogens with two attached hydrogens (primary N) is 2. The van der Waals surface area contributed by atoms with Crippen LogP contribution in [0.2, 0.25) is 0 Å². The number of nitrogens with zero attached hydrogens (tertiary/aromatic N) is 1. The largest absolute Gasteiger partial charge is 0.490 e. The third-order valence-electron chi connectivity index (χ3n) is 6.34. The topological polar surface area (TPSA) is 162 Å². The monoisotopic (exact) mass is 557 g/mol. The molecule has 0 aliphatic rings. The minimum Gasteiger partial charge on any atom is -0.490 e. The van der Waals surface area contributed by atoms with Crippen molar-refractivity contribution in [1.82, 2.24) is 10.3 Å². The van der Waals surface area contributed by atoms with Gasteiger partial charge in [-0.3, -0.25) is 9.59 Å². The van der Waals surface area contributed by atoms with E-state index in [1.165, 1.54) is 0 Å². The highest BCUT2D eigenvalue weighted by atomic mass is 16.5. The summed E-state index contributed by atoms with van der Waals surface area (Å²) in [6.45, 7) is 6.11. The van der Waals surface area contributed by atoms with Crippen LogP contribution in [-0.2, 0) is 9.59 Å². The SMILES string of the molecule is CCOc1cc([C@@H](Nc2ccc3c(N)nccc3c2)C(=O)NC(CC(=O)O)c2cccc(N)c2)ccc1OC(C)C. The first kappa shape index (κ1) is 29.0. The number of benzene rings is 3. The summed E-state index contributed by atoms with van der Waals surface area (Å²) >= 11 is 0. The molecule has 41 heavy (non-hydrogen) atoms. The van der Waals surface area contributed by atoms with Crippen molar-refractivity contribution in [2.45, 2.75) is 45.4 Å². The first-order valence-electron chi connectivity index (χ1n) is 13.4. The number of nitrogen functional groups attached to an aromatic ring is 2. The van der Waals surface area contributed by atoms with Crippen LogP contribution in [0.1, 0.15) is 50.4 Å². The molecule has 10 nitrogen and oxygen atoms in total. The van der Waals surface area contributed by atoms with Gasteiger partial charge in [-0.2, -0.15) is 0 Å². The van der Waals surface area contributed by atoms with Crippen LogP contribution in [0, 0.1) is 0 Å². The molecule has 7 N–H and O–H groups in total. The Hall–Kier alpha value is -4.99. The fourth-order valence-electron chi connectivity index (χ4n) is 4.54. The molecule has 10 heteroatoms. The van der Waals surface area contributed by atoms with Gasteiger partial charge in [0.15, 0.2) is 11.5 Å². The lowest BCUT2D eigenvalue weighted by molar-refractivity contribution is -0.137. The fourth-order valence-corrected chi connectivity index (χ4v) is 4.54. The first-order valence-corrected chi connectivity index (χ1v) is 13.4. The zero-order valence-corrected chi connectivity index (χ0v) is 23.3. The lowest BCUT2D eigenvalue weighted by Crippen LogP contribution is -2.37. The number of hydrogen-bond donors (Lipinski definition) is 5. The number of hydrogen-bond acceptors (Lipinski definition) is 8. The van der Waals surface area contributed by atoms with E-state index in [1.807, 2.05) is 45.0 Å². The Labute approximate surface area is 238 Å². The number of carbonyl (C=O) groups is 2. The maximum atomic E-state index is 13.9. The number of rotatable bonds is 12. The number of fused-ring (bicyclic) bond motifs is 1. The molecule has 1 amide bonds. The number of carboxylic acid groups (broad SMARTS) is 1. The molecule has 1 heterocycles. The van der Waals surface area contributed by atoms with Gasteiger partial charge >= 0.3 is 5.97 Å². The van der Waals surface area contributed by atoms with Gasteiger partial charge in [0.2, 0.25) is 5.91 Å². The highest BCUT2D eigenvalue weighted by Gasteiger charge is 2.27. The molecular formula is C31H35N5O5. The smallest absolute Gasteiger partial charge is 0.305 e. The Kier molecular flexibility index (Phi) is 9.13. The van der Waals surface area contributed by atoms with Crippen LogP contribution < -0.4 is 31.6 Å². The summed E-state index contributed by atoms with van der Waals surface area (Å²) in [5.41, 5.74) is 14.3. The number of anilines is 3. The maximum Gasteiger partial charge on any atom is 0.305 e. The van der Waals surface area contributed by atoms with E-state index in [9.17, 15) is 14.7 Å². The second-order valence-electron chi connectivity index (χ2n) is 9.84. The van der Waals surface area contributed by atoms with Crippen LogP contribution in [0.25, 0.3) is 10.8 Å². The molecule has 214 valence electrons. The predicted octanol–water partition coefficient (Wildman–Crippen LogP) is 5.07. The summed E-state index contributed by atoms with van der Waals surface area (Å²) in [6.07, 6.45) is 1.22. The summed E-state index contributed by atoms with van der Waals surface area (Å²) in [4.78, 5) is 29.8. The lowest BCUT2D eigenvalue weighted by Gasteiger charge is -2.25. The number of pyridine rings is 1. The number of carboxylic acids is 1. The van der Waals surface area contributed by atoms with Gasteiger partial charge < -0.3 is 36.7 Å². The maximum absolute atomic E-state index is 13.9. The molecular weight excluding hydrogens is 522 g/mol. The van der Waals surface area contributed by atoms with Crippen LogP contribution in [0.4, 0.5) is 17.2 Å². The van der Waals surface area contributed by atoms with E-state index in [2.05, 4.69) is 15.6 Å². The molecule has 0 radical (unpaired) electrons. The quantitative estimate of drug-likeness (QED) is 0.150. The summed E-state index contributed by atoms with van der Waals surface area (Å²) in [6, 6.07) is 17.7. The van der Waals surface area contributed by atoms with E-state index in [1.54, 1.807) is 48.7 Å². The van der Waals surface area contributed by atoms with E-state index in [0.717, 1.165) is 10.8 Å². The summed E-state index contributed by atoms with van der Waals surface area (Å²) in [7, 11) is 0. The molecule has 0 bridgehead atoms. The average molecular weight is 558 g/mol. The van der Waals surface area contributed by atoms with Crippen LogP contribution in [0.5, 0.6) is 11.5 Å².